The van der Waals surface area contributed by atoms with E-state index in [2.05, 4.69) is 58.4 Å². The van der Waals surface area contributed by atoms with Crippen LogP contribution in [-0.2, 0) is 0 Å². The van der Waals surface area contributed by atoms with Gasteiger partial charge < -0.3 is 14.7 Å². The van der Waals surface area contributed by atoms with E-state index < -0.39 is 0 Å². The number of piperazine rings is 1. The van der Waals surface area contributed by atoms with Crippen LogP contribution < -0.4 is 10.2 Å². The molecule has 1 amide bonds. The minimum atomic E-state index is -0.0794. The monoisotopic (exact) mass is 398 g/mol. The molecule has 3 rings (SSSR count). The largest absolute Gasteiger partial charge is 0.369 e. The van der Waals surface area contributed by atoms with E-state index >= 15 is 0 Å². The van der Waals surface area contributed by atoms with Gasteiger partial charge in [0.2, 0.25) is 0 Å². The molecule has 1 unspecified atom stereocenters. The summed E-state index contributed by atoms with van der Waals surface area (Å²) in [6.45, 7) is 15.2. The van der Waals surface area contributed by atoms with E-state index in [-0.39, 0.29) is 17.9 Å². The maximum Gasteiger partial charge on any atom is 0.257 e. The molecule has 1 aliphatic heterocycles. The van der Waals surface area contributed by atoms with Crippen molar-refractivity contribution in [1.82, 2.24) is 15.4 Å². The number of carbonyl (C=O) groups is 1. The molecule has 1 aromatic carbocycles. The average Bonchev–Trinajstić information content (AvgIpc) is 3.09. The Hall–Kier alpha value is -2.34. The third-order valence-electron chi connectivity index (χ3n) is 5.64. The molecular weight excluding hydrogens is 364 g/mol. The molecule has 0 radical (unpaired) electrons. The zero-order valence-corrected chi connectivity index (χ0v) is 18.4. The van der Waals surface area contributed by atoms with E-state index in [0.717, 1.165) is 39.1 Å². The molecule has 1 saturated heterocycles. The van der Waals surface area contributed by atoms with Crippen molar-refractivity contribution in [3.05, 3.63) is 46.8 Å². The molecule has 0 aliphatic carbocycles. The predicted molar refractivity (Wildman–Crippen MR) is 117 cm³/mol. The van der Waals surface area contributed by atoms with Crippen molar-refractivity contribution in [2.45, 2.75) is 53.0 Å². The van der Waals surface area contributed by atoms with E-state index in [9.17, 15) is 4.79 Å². The topological polar surface area (TPSA) is 61.6 Å². The van der Waals surface area contributed by atoms with Gasteiger partial charge in [-0.25, -0.2) is 0 Å². The average molecular weight is 399 g/mol. The molecule has 2 aromatic rings. The Labute approximate surface area is 174 Å². The number of aryl methyl sites for hydroxylation is 2. The van der Waals surface area contributed by atoms with Crippen LogP contribution in [0.5, 0.6) is 0 Å². The van der Waals surface area contributed by atoms with E-state index in [4.69, 9.17) is 4.52 Å². The highest BCUT2D eigenvalue weighted by molar-refractivity contribution is 5.96. The van der Waals surface area contributed by atoms with Crippen molar-refractivity contribution in [2.75, 3.05) is 37.6 Å². The number of amides is 1. The molecule has 0 bridgehead atoms. The summed E-state index contributed by atoms with van der Waals surface area (Å²) in [6.07, 6.45) is 0.928. The highest BCUT2D eigenvalue weighted by Gasteiger charge is 2.24. The van der Waals surface area contributed by atoms with Crippen LogP contribution in [0.3, 0.4) is 0 Å². The fourth-order valence-corrected chi connectivity index (χ4v) is 3.86. The van der Waals surface area contributed by atoms with Crippen LogP contribution in [-0.4, -0.2) is 54.7 Å². The first-order valence-electron chi connectivity index (χ1n) is 10.7. The van der Waals surface area contributed by atoms with Gasteiger partial charge in [0.15, 0.2) is 5.76 Å². The summed E-state index contributed by atoms with van der Waals surface area (Å²) in [6, 6.07) is 8.82. The molecule has 158 valence electrons. The summed E-state index contributed by atoms with van der Waals surface area (Å²) >= 11 is 0. The second-order valence-corrected chi connectivity index (χ2v) is 8.49. The molecule has 6 nitrogen and oxygen atoms in total. The number of rotatable bonds is 7. The molecule has 1 N–H and O–H groups in total. The Kier molecular flexibility index (Phi) is 6.96. The van der Waals surface area contributed by atoms with Gasteiger partial charge in [0, 0.05) is 50.4 Å². The lowest BCUT2D eigenvalue weighted by atomic mass is 10.0. The standard InChI is InChI=1S/C23H34N4O2/c1-16(2)22-21(19(5)25-29-22)23(28)24-18(4)9-10-26-11-13-27(14-12-26)20-8-6-7-17(3)15-20/h6-8,15-16,18H,9-14H2,1-5H3,(H,24,28). The van der Waals surface area contributed by atoms with Crippen LogP contribution in [0.1, 0.15) is 60.5 Å². The van der Waals surface area contributed by atoms with Gasteiger partial charge in [0.05, 0.1) is 5.69 Å². The van der Waals surface area contributed by atoms with Gasteiger partial charge in [0.1, 0.15) is 5.56 Å². The quantitative estimate of drug-likeness (QED) is 0.770. The summed E-state index contributed by atoms with van der Waals surface area (Å²) in [5, 5.41) is 7.10. The Morgan fingerprint density at radius 3 is 2.55 bits per heavy atom. The van der Waals surface area contributed by atoms with Gasteiger partial charge in [-0.3, -0.25) is 9.69 Å². The first-order valence-corrected chi connectivity index (χ1v) is 10.7. The summed E-state index contributed by atoms with van der Waals surface area (Å²) in [4.78, 5) is 17.6. The minimum absolute atomic E-state index is 0.0794. The normalized spacial score (nSPS) is 16.3. The Bertz CT molecular complexity index is 822. The molecule has 1 aliphatic rings. The smallest absolute Gasteiger partial charge is 0.257 e. The lowest BCUT2D eigenvalue weighted by Gasteiger charge is -2.36. The van der Waals surface area contributed by atoms with Gasteiger partial charge in [-0.2, -0.15) is 0 Å². The predicted octanol–water partition coefficient (Wildman–Crippen LogP) is 3.75. The molecule has 29 heavy (non-hydrogen) atoms. The summed E-state index contributed by atoms with van der Waals surface area (Å²) < 4.78 is 5.34. The first-order chi connectivity index (χ1) is 13.8. The molecular formula is C23H34N4O2. The summed E-state index contributed by atoms with van der Waals surface area (Å²) in [5.41, 5.74) is 3.87. The maximum atomic E-state index is 12.7. The number of hydrogen-bond donors (Lipinski definition) is 1. The van der Waals surface area contributed by atoms with E-state index in [1.807, 2.05) is 20.8 Å². The van der Waals surface area contributed by atoms with E-state index in [1.165, 1.54) is 11.3 Å². The lowest BCUT2D eigenvalue weighted by Crippen LogP contribution is -2.47. The minimum Gasteiger partial charge on any atom is -0.369 e. The first kappa shape index (κ1) is 21.4. The third kappa shape index (κ3) is 5.38. The number of aromatic nitrogens is 1. The fraction of sp³-hybridized carbons (Fsp3) is 0.565. The van der Waals surface area contributed by atoms with Crippen molar-refractivity contribution >= 4 is 11.6 Å². The van der Waals surface area contributed by atoms with Gasteiger partial charge >= 0.3 is 0 Å². The van der Waals surface area contributed by atoms with Crippen LogP contribution >= 0.6 is 0 Å². The van der Waals surface area contributed by atoms with E-state index in [1.54, 1.807) is 0 Å². The lowest BCUT2D eigenvalue weighted by molar-refractivity contribution is 0.0932. The Balaban J connectivity index is 1.45. The van der Waals surface area contributed by atoms with Crippen LogP contribution in [0.2, 0.25) is 0 Å². The number of nitrogens with one attached hydrogen (secondary N) is 1. The second-order valence-electron chi connectivity index (χ2n) is 8.49. The molecule has 0 saturated carbocycles. The number of anilines is 1. The Morgan fingerprint density at radius 2 is 1.90 bits per heavy atom. The van der Waals surface area contributed by atoms with E-state index in [0.29, 0.717) is 17.0 Å². The fourth-order valence-electron chi connectivity index (χ4n) is 3.86. The zero-order valence-electron chi connectivity index (χ0n) is 18.4. The number of carbonyl (C=O) groups excluding carboxylic acids is 1. The molecule has 6 heteroatoms. The number of hydrogen-bond acceptors (Lipinski definition) is 5. The van der Waals surface area contributed by atoms with Crippen molar-refractivity contribution in [2.24, 2.45) is 0 Å². The van der Waals surface area contributed by atoms with Gasteiger partial charge in [-0.1, -0.05) is 31.1 Å². The highest BCUT2D eigenvalue weighted by atomic mass is 16.5. The van der Waals surface area contributed by atoms with Gasteiger partial charge in [0.25, 0.3) is 5.91 Å². The molecule has 1 aromatic heterocycles. The zero-order chi connectivity index (χ0) is 21.0. The van der Waals surface area contributed by atoms with Crippen molar-refractivity contribution in [1.29, 1.82) is 0 Å². The van der Waals surface area contributed by atoms with Crippen LogP contribution in [0.25, 0.3) is 0 Å². The number of nitrogens with zero attached hydrogens (tertiary/aromatic N) is 3. The second kappa shape index (κ2) is 9.44. The van der Waals surface area contributed by atoms with Crippen LogP contribution in [0.15, 0.2) is 28.8 Å². The molecule has 1 fully saturated rings. The van der Waals surface area contributed by atoms with Gasteiger partial charge in [-0.15, -0.1) is 0 Å². The molecule has 2 heterocycles. The highest BCUT2D eigenvalue weighted by Crippen LogP contribution is 2.22. The third-order valence-corrected chi connectivity index (χ3v) is 5.64. The summed E-state index contributed by atoms with van der Waals surface area (Å²) in [5.74, 6) is 0.723. The molecule has 0 spiro atoms. The van der Waals surface area contributed by atoms with Crippen molar-refractivity contribution in [3.8, 4) is 0 Å². The maximum absolute atomic E-state index is 12.7. The molecule has 1 atom stereocenters. The van der Waals surface area contributed by atoms with Crippen molar-refractivity contribution in [3.63, 3.8) is 0 Å². The van der Waals surface area contributed by atoms with Crippen LogP contribution in [0.4, 0.5) is 5.69 Å². The number of benzene rings is 1. The van der Waals surface area contributed by atoms with Crippen molar-refractivity contribution < 1.29 is 9.32 Å². The van der Waals surface area contributed by atoms with Gasteiger partial charge in [-0.05, 0) is 44.9 Å². The summed E-state index contributed by atoms with van der Waals surface area (Å²) in [7, 11) is 0. The van der Waals surface area contributed by atoms with Crippen LogP contribution in [0, 0.1) is 13.8 Å². The SMILES string of the molecule is Cc1cccc(N2CCN(CCC(C)NC(=O)c3c(C)noc3C(C)C)CC2)c1. The Morgan fingerprint density at radius 1 is 1.17 bits per heavy atom.